The minimum Gasteiger partial charge on any atom is -0.475 e. The molecule has 0 aliphatic carbocycles. The van der Waals surface area contributed by atoms with E-state index in [0.29, 0.717) is 0 Å². The average Bonchev–Trinajstić information content (AvgIpc) is 2.91. The monoisotopic (exact) mass is 274 g/mol. The van der Waals surface area contributed by atoms with Crippen molar-refractivity contribution in [1.82, 2.24) is 0 Å². The number of nitriles is 1. The van der Waals surface area contributed by atoms with Crippen LogP contribution in [0.2, 0.25) is 0 Å². The molecule has 100 valence electrons. The Bertz CT molecular complexity index is 730. The van der Waals surface area contributed by atoms with Crippen LogP contribution in [0.5, 0.6) is 0 Å². The number of carboxylic acid groups (broad SMARTS) is 1. The molecule has 0 atom stereocenters. The van der Waals surface area contributed by atoms with Crippen LogP contribution in [-0.2, 0) is 0 Å². The number of benzene rings is 1. The lowest BCUT2D eigenvalue weighted by atomic mass is 10.2. The summed E-state index contributed by atoms with van der Waals surface area (Å²) in [6.45, 7) is 0. The fourth-order valence-electron chi connectivity index (χ4n) is 1.46. The number of hydrogen-bond acceptors (Lipinski definition) is 4. The summed E-state index contributed by atoms with van der Waals surface area (Å²) < 4.78 is 17.9. The highest BCUT2D eigenvalue weighted by molar-refractivity contribution is 6.03. The van der Waals surface area contributed by atoms with Gasteiger partial charge in [-0.1, -0.05) is 0 Å². The predicted octanol–water partition coefficient (Wildman–Crippen LogP) is 2.24. The highest BCUT2D eigenvalue weighted by Gasteiger charge is 2.15. The number of carboxylic acids is 1. The van der Waals surface area contributed by atoms with Crippen LogP contribution < -0.4 is 5.32 Å². The lowest BCUT2D eigenvalue weighted by molar-refractivity contribution is 0.0660. The molecule has 0 saturated heterocycles. The Hall–Kier alpha value is -3.14. The minimum atomic E-state index is -1.29. The molecular weight excluding hydrogens is 267 g/mol. The van der Waals surface area contributed by atoms with E-state index >= 15 is 0 Å². The summed E-state index contributed by atoms with van der Waals surface area (Å²) in [7, 11) is 0. The second kappa shape index (κ2) is 5.24. The summed E-state index contributed by atoms with van der Waals surface area (Å²) in [5.74, 6) is -3.26. The molecule has 0 unspecified atom stereocenters. The molecule has 1 heterocycles. The summed E-state index contributed by atoms with van der Waals surface area (Å²) >= 11 is 0. The molecular formula is C13H7FN2O4. The number of anilines is 1. The predicted molar refractivity (Wildman–Crippen MR) is 64.7 cm³/mol. The van der Waals surface area contributed by atoms with Crippen LogP contribution in [0.4, 0.5) is 10.1 Å². The van der Waals surface area contributed by atoms with E-state index in [0.717, 1.165) is 18.2 Å². The van der Waals surface area contributed by atoms with Gasteiger partial charge in [-0.3, -0.25) is 4.79 Å². The van der Waals surface area contributed by atoms with Crippen molar-refractivity contribution >= 4 is 17.6 Å². The maximum Gasteiger partial charge on any atom is 0.371 e. The molecule has 0 bridgehead atoms. The van der Waals surface area contributed by atoms with E-state index in [1.807, 2.05) is 0 Å². The van der Waals surface area contributed by atoms with Crippen LogP contribution in [-0.4, -0.2) is 17.0 Å². The lowest BCUT2D eigenvalue weighted by Gasteiger charge is -2.03. The van der Waals surface area contributed by atoms with Gasteiger partial charge in [0.15, 0.2) is 5.76 Å². The van der Waals surface area contributed by atoms with Crippen molar-refractivity contribution in [3.63, 3.8) is 0 Å². The van der Waals surface area contributed by atoms with E-state index in [1.165, 1.54) is 12.1 Å². The van der Waals surface area contributed by atoms with Crippen molar-refractivity contribution in [2.75, 3.05) is 5.32 Å². The Morgan fingerprint density at radius 2 is 1.95 bits per heavy atom. The molecule has 1 amide bonds. The van der Waals surface area contributed by atoms with Crippen molar-refractivity contribution in [3.8, 4) is 6.07 Å². The van der Waals surface area contributed by atoms with Gasteiger partial charge < -0.3 is 14.8 Å². The van der Waals surface area contributed by atoms with Crippen molar-refractivity contribution < 1.29 is 23.5 Å². The summed E-state index contributed by atoms with van der Waals surface area (Å²) in [4.78, 5) is 22.4. The van der Waals surface area contributed by atoms with Crippen molar-refractivity contribution in [2.24, 2.45) is 0 Å². The van der Waals surface area contributed by atoms with Gasteiger partial charge in [0.25, 0.3) is 5.91 Å². The number of halogens is 1. The highest BCUT2D eigenvalue weighted by atomic mass is 19.1. The molecule has 2 N–H and O–H groups in total. The zero-order valence-corrected chi connectivity index (χ0v) is 9.88. The molecule has 1 aromatic carbocycles. The second-order valence-corrected chi connectivity index (χ2v) is 3.73. The first-order chi connectivity index (χ1) is 9.51. The lowest BCUT2D eigenvalue weighted by Crippen LogP contribution is -2.11. The van der Waals surface area contributed by atoms with E-state index in [-0.39, 0.29) is 22.8 Å². The molecule has 2 aromatic rings. The third kappa shape index (κ3) is 2.64. The molecule has 0 spiro atoms. The van der Waals surface area contributed by atoms with E-state index in [2.05, 4.69) is 5.32 Å². The minimum absolute atomic E-state index is 0.196. The summed E-state index contributed by atoms with van der Waals surface area (Å²) in [6, 6.07) is 7.46. The molecule has 0 aliphatic rings. The van der Waals surface area contributed by atoms with Crippen LogP contribution in [0.3, 0.4) is 0 Å². The Balaban J connectivity index is 2.19. The van der Waals surface area contributed by atoms with Gasteiger partial charge in [-0.15, -0.1) is 0 Å². The Kier molecular flexibility index (Phi) is 3.48. The van der Waals surface area contributed by atoms with Gasteiger partial charge in [0.1, 0.15) is 11.9 Å². The van der Waals surface area contributed by atoms with Crippen LogP contribution in [0.15, 0.2) is 34.7 Å². The Morgan fingerprint density at radius 1 is 1.25 bits per heavy atom. The SMILES string of the molecule is N#Cc1cc(NC(=O)c2ccc(C(=O)O)o2)ccc1F. The third-order valence-corrected chi connectivity index (χ3v) is 2.39. The number of furan rings is 1. The first kappa shape index (κ1) is 13.3. The number of carbonyl (C=O) groups is 2. The third-order valence-electron chi connectivity index (χ3n) is 2.39. The van der Waals surface area contributed by atoms with Gasteiger partial charge in [0.05, 0.1) is 5.56 Å². The number of aromatic carboxylic acids is 1. The van der Waals surface area contributed by atoms with E-state index in [1.54, 1.807) is 6.07 Å². The number of hydrogen-bond donors (Lipinski definition) is 2. The van der Waals surface area contributed by atoms with Gasteiger partial charge in [-0.2, -0.15) is 5.26 Å². The number of carbonyl (C=O) groups excluding carboxylic acids is 1. The van der Waals surface area contributed by atoms with E-state index in [9.17, 15) is 14.0 Å². The topological polar surface area (TPSA) is 103 Å². The molecule has 0 saturated carbocycles. The maximum absolute atomic E-state index is 13.1. The molecule has 0 radical (unpaired) electrons. The number of amides is 1. The van der Waals surface area contributed by atoms with Crippen LogP contribution in [0, 0.1) is 17.1 Å². The fraction of sp³-hybridized carbons (Fsp3) is 0. The number of rotatable bonds is 3. The fourth-order valence-corrected chi connectivity index (χ4v) is 1.46. The molecule has 6 nitrogen and oxygen atoms in total. The number of nitrogens with one attached hydrogen (secondary N) is 1. The van der Waals surface area contributed by atoms with Crippen molar-refractivity contribution in [1.29, 1.82) is 5.26 Å². The molecule has 1 aromatic heterocycles. The zero-order chi connectivity index (χ0) is 14.7. The van der Waals surface area contributed by atoms with Crippen molar-refractivity contribution in [3.05, 3.63) is 53.2 Å². The average molecular weight is 274 g/mol. The smallest absolute Gasteiger partial charge is 0.371 e. The molecule has 0 aliphatic heterocycles. The Morgan fingerprint density at radius 3 is 2.55 bits per heavy atom. The molecule has 7 heteroatoms. The van der Waals surface area contributed by atoms with E-state index in [4.69, 9.17) is 14.8 Å². The van der Waals surface area contributed by atoms with Crippen LogP contribution in [0.25, 0.3) is 0 Å². The Labute approximate surface area is 112 Å². The van der Waals surface area contributed by atoms with Gasteiger partial charge >= 0.3 is 5.97 Å². The van der Waals surface area contributed by atoms with Gasteiger partial charge in [0, 0.05) is 5.69 Å². The normalized spacial score (nSPS) is 9.80. The highest BCUT2D eigenvalue weighted by Crippen LogP contribution is 2.16. The standard InChI is InChI=1S/C13H7FN2O4/c14-9-2-1-8(5-7(9)6-15)16-12(17)10-3-4-11(20-10)13(18)19/h1-5H,(H,16,17)(H,18,19). The largest absolute Gasteiger partial charge is 0.475 e. The first-order valence-corrected chi connectivity index (χ1v) is 5.35. The zero-order valence-electron chi connectivity index (χ0n) is 9.88. The summed E-state index contributed by atoms with van der Waals surface area (Å²) in [5.41, 5.74) is -0.0188. The quantitative estimate of drug-likeness (QED) is 0.893. The molecule has 0 fully saturated rings. The van der Waals surface area contributed by atoms with Crippen molar-refractivity contribution in [2.45, 2.75) is 0 Å². The first-order valence-electron chi connectivity index (χ1n) is 5.35. The van der Waals surface area contributed by atoms with Crippen LogP contribution in [0.1, 0.15) is 26.7 Å². The summed E-state index contributed by atoms with van der Waals surface area (Å²) in [5, 5.41) is 19.7. The molecule has 20 heavy (non-hydrogen) atoms. The van der Waals surface area contributed by atoms with Gasteiger partial charge in [-0.05, 0) is 30.3 Å². The van der Waals surface area contributed by atoms with Gasteiger partial charge in [-0.25, -0.2) is 9.18 Å². The number of nitrogens with zero attached hydrogens (tertiary/aromatic N) is 1. The molecule has 2 rings (SSSR count). The second-order valence-electron chi connectivity index (χ2n) is 3.73. The summed E-state index contributed by atoms with van der Waals surface area (Å²) in [6.07, 6.45) is 0. The maximum atomic E-state index is 13.1. The van der Waals surface area contributed by atoms with Gasteiger partial charge in [0.2, 0.25) is 5.76 Å². The van der Waals surface area contributed by atoms with Crippen LogP contribution >= 0.6 is 0 Å². The van der Waals surface area contributed by atoms with E-state index < -0.39 is 17.7 Å².